The summed E-state index contributed by atoms with van der Waals surface area (Å²) >= 11 is 3.36. The molecular formula is C17H14BrNO4. The van der Waals surface area contributed by atoms with Crippen LogP contribution in [0.25, 0.3) is 0 Å². The van der Waals surface area contributed by atoms with E-state index in [0.29, 0.717) is 39.5 Å². The minimum atomic E-state index is -0.531. The molecule has 0 aliphatic carbocycles. The van der Waals surface area contributed by atoms with Gasteiger partial charge in [-0.05, 0) is 59.3 Å². The number of hydrogen-bond donors (Lipinski definition) is 0. The highest BCUT2D eigenvalue weighted by Crippen LogP contribution is 2.36. The van der Waals surface area contributed by atoms with E-state index < -0.39 is 5.97 Å². The fraction of sp³-hybridized carbons (Fsp3) is 0.176. The molecule has 0 saturated heterocycles. The van der Waals surface area contributed by atoms with Gasteiger partial charge in [0, 0.05) is 0 Å². The Kier molecular flexibility index (Phi) is 5.61. The monoisotopic (exact) mass is 375 g/mol. The zero-order chi connectivity index (χ0) is 16.8. The Morgan fingerprint density at radius 3 is 2.52 bits per heavy atom. The second-order valence-electron chi connectivity index (χ2n) is 4.45. The van der Waals surface area contributed by atoms with Crippen LogP contribution < -0.4 is 14.2 Å². The molecule has 5 nitrogen and oxygen atoms in total. The minimum Gasteiger partial charge on any atom is -0.493 e. The SMILES string of the molecule is CCOc1c(Br)cc(C(=O)Oc2ccc(C#N)cc2)cc1OC. The van der Waals surface area contributed by atoms with Crippen molar-refractivity contribution in [1.29, 1.82) is 5.26 Å². The number of nitriles is 1. The van der Waals surface area contributed by atoms with Crippen molar-refractivity contribution < 1.29 is 19.0 Å². The highest BCUT2D eigenvalue weighted by atomic mass is 79.9. The topological polar surface area (TPSA) is 68.5 Å². The molecule has 0 aliphatic rings. The maximum absolute atomic E-state index is 12.3. The highest BCUT2D eigenvalue weighted by Gasteiger charge is 2.17. The van der Waals surface area contributed by atoms with Gasteiger partial charge in [0.25, 0.3) is 0 Å². The normalized spacial score (nSPS) is 9.83. The minimum absolute atomic E-state index is 0.321. The van der Waals surface area contributed by atoms with Gasteiger partial charge in [-0.3, -0.25) is 0 Å². The maximum Gasteiger partial charge on any atom is 0.343 e. The first-order chi connectivity index (χ1) is 11.1. The van der Waals surface area contributed by atoms with E-state index >= 15 is 0 Å². The van der Waals surface area contributed by atoms with Crippen molar-refractivity contribution in [3.8, 4) is 23.3 Å². The Morgan fingerprint density at radius 2 is 1.96 bits per heavy atom. The summed E-state index contributed by atoms with van der Waals surface area (Å²) in [5, 5.41) is 8.76. The van der Waals surface area contributed by atoms with Crippen LogP contribution >= 0.6 is 15.9 Å². The van der Waals surface area contributed by atoms with Gasteiger partial charge in [0.2, 0.25) is 0 Å². The molecule has 0 amide bonds. The van der Waals surface area contributed by atoms with Crippen LogP contribution in [-0.2, 0) is 0 Å². The number of carbonyl (C=O) groups excluding carboxylic acids is 1. The molecule has 0 bridgehead atoms. The van der Waals surface area contributed by atoms with Gasteiger partial charge in [0.1, 0.15) is 5.75 Å². The van der Waals surface area contributed by atoms with Gasteiger partial charge in [0.05, 0.1) is 35.4 Å². The van der Waals surface area contributed by atoms with E-state index in [9.17, 15) is 4.79 Å². The molecule has 2 rings (SSSR count). The Labute approximate surface area is 142 Å². The van der Waals surface area contributed by atoms with Crippen LogP contribution in [0.3, 0.4) is 0 Å². The summed E-state index contributed by atoms with van der Waals surface area (Å²) in [6, 6.07) is 11.5. The summed E-state index contributed by atoms with van der Waals surface area (Å²) in [5.41, 5.74) is 0.816. The summed E-state index contributed by atoms with van der Waals surface area (Å²) in [6.45, 7) is 2.34. The number of nitrogens with zero attached hydrogens (tertiary/aromatic N) is 1. The van der Waals surface area contributed by atoms with E-state index in [0.717, 1.165) is 0 Å². The van der Waals surface area contributed by atoms with Crippen molar-refractivity contribution in [2.45, 2.75) is 6.92 Å². The molecule has 0 spiro atoms. The van der Waals surface area contributed by atoms with Crippen LogP contribution in [0.1, 0.15) is 22.8 Å². The van der Waals surface area contributed by atoms with Gasteiger partial charge in [-0.2, -0.15) is 5.26 Å². The Balaban J connectivity index is 2.25. The molecule has 2 aromatic rings. The number of rotatable bonds is 5. The predicted octanol–water partition coefficient (Wildman–Crippen LogP) is 3.95. The Bertz CT molecular complexity index is 750. The van der Waals surface area contributed by atoms with E-state index in [1.165, 1.54) is 7.11 Å². The molecule has 0 saturated carbocycles. The van der Waals surface area contributed by atoms with Crippen LogP contribution in [0.4, 0.5) is 0 Å². The molecule has 0 aliphatic heterocycles. The second kappa shape index (κ2) is 7.65. The average Bonchev–Trinajstić information content (AvgIpc) is 2.57. The molecule has 0 unspecified atom stereocenters. The standard InChI is InChI=1S/C17H14BrNO4/c1-3-22-16-14(18)8-12(9-15(16)21-2)17(20)23-13-6-4-11(10-19)5-7-13/h4-9H,3H2,1-2H3. The molecule has 118 valence electrons. The first-order valence-electron chi connectivity index (χ1n) is 6.81. The number of hydrogen-bond acceptors (Lipinski definition) is 5. The van der Waals surface area contributed by atoms with Gasteiger partial charge >= 0.3 is 5.97 Å². The number of ether oxygens (including phenoxy) is 3. The van der Waals surface area contributed by atoms with Gasteiger partial charge in [-0.25, -0.2) is 4.79 Å². The molecule has 23 heavy (non-hydrogen) atoms. The first-order valence-corrected chi connectivity index (χ1v) is 7.61. The summed E-state index contributed by atoms with van der Waals surface area (Å²) < 4.78 is 16.6. The molecule has 0 N–H and O–H groups in total. The number of methoxy groups -OCH3 is 1. The Hall–Kier alpha value is -2.52. The zero-order valence-corrected chi connectivity index (χ0v) is 14.2. The molecule has 0 atom stereocenters. The third kappa shape index (κ3) is 4.02. The third-order valence-electron chi connectivity index (χ3n) is 2.95. The van der Waals surface area contributed by atoms with E-state index in [1.807, 2.05) is 13.0 Å². The predicted molar refractivity (Wildman–Crippen MR) is 88.0 cm³/mol. The van der Waals surface area contributed by atoms with Crippen molar-refractivity contribution in [3.63, 3.8) is 0 Å². The molecule has 0 fully saturated rings. The lowest BCUT2D eigenvalue weighted by Crippen LogP contribution is -2.09. The number of halogens is 1. The second-order valence-corrected chi connectivity index (χ2v) is 5.30. The summed E-state index contributed by atoms with van der Waals surface area (Å²) in [4.78, 5) is 12.3. The van der Waals surface area contributed by atoms with Crippen molar-refractivity contribution in [2.75, 3.05) is 13.7 Å². The summed E-state index contributed by atoms with van der Waals surface area (Å²) in [5.74, 6) is 0.799. The largest absolute Gasteiger partial charge is 0.493 e. The van der Waals surface area contributed by atoms with Crippen LogP contribution in [0.5, 0.6) is 17.2 Å². The van der Waals surface area contributed by atoms with Crippen LogP contribution in [0, 0.1) is 11.3 Å². The molecule has 0 heterocycles. The van der Waals surface area contributed by atoms with E-state index in [1.54, 1.807) is 36.4 Å². The van der Waals surface area contributed by atoms with Crippen LogP contribution in [0.15, 0.2) is 40.9 Å². The lowest BCUT2D eigenvalue weighted by atomic mass is 10.2. The highest BCUT2D eigenvalue weighted by molar-refractivity contribution is 9.10. The smallest absolute Gasteiger partial charge is 0.343 e. The van der Waals surface area contributed by atoms with Crippen molar-refractivity contribution in [1.82, 2.24) is 0 Å². The number of benzene rings is 2. The summed E-state index contributed by atoms with van der Waals surface area (Å²) in [6.07, 6.45) is 0. The lowest BCUT2D eigenvalue weighted by Gasteiger charge is -2.13. The van der Waals surface area contributed by atoms with E-state index in [2.05, 4.69) is 15.9 Å². The van der Waals surface area contributed by atoms with Crippen LogP contribution in [0.2, 0.25) is 0 Å². The van der Waals surface area contributed by atoms with Crippen LogP contribution in [-0.4, -0.2) is 19.7 Å². The quantitative estimate of drug-likeness (QED) is 0.584. The lowest BCUT2D eigenvalue weighted by molar-refractivity contribution is 0.0734. The summed E-state index contributed by atoms with van der Waals surface area (Å²) in [7, 11) is 1.50. The van der Waals surface area contributed by atoms with Gasteiger partial charge in [-0.1, -0.05) is 0 Å². The fourth-order valence-corrected chi connectivity index (χ4v) is 2.44. The maximum atomic E-state index is 12.3. The number of esters is 1. The third-order valence-corrected chi connectivity index (χ3v) is 3.54. The molecule has 6 heteroatoms. The van der Waals surface area contributed by atoms with Gasteiger partial charge < -0.3 is 14.2 Å². The van der Waals surface area contributed by atoms with E-state index in [4.69, 9.17) is 19.5 Å². The van der Waals surface area contributed by atoms with E-state index in [-0.39, 0.29) is 0 Å². The van der Waals surface area contributed by atoms with Crippen molar-refractivity contribution in [2.24, 2.45) is 0 Å². The van der Waals surface area contributed by atoms with Crippen molar-refractivity contribution >= 4 is 21.9 Å². The Morgan fingerprint density at radius 1 is 1.26 bits per heavy atom. The molecule has 0 aromatic heterocycles. The average molecular weight is 376 g/mol. The van der Waals surface area contributed by atoms with Crippen molar-refractivity contribution in [3.05, 3.63) is 52.0 Å². The van der Waals surface area contributed by atoms with Gasteiger partial charge in [0.15, 0.2) is 11.5 Å². The van der Waals surface area contributed by atoms with Gasteiger partial charge in [-0.15, -0.1) is 0 Å². The zero-order valence-electron chi connectivity index (χ0n) is 12.6. The fourth-order valence-electron chi connectivity index (χ4n) is 1.89. The molecular weight excluding hydrogens is 362 g/mol. The molecule has 0 radical (unpaired) electrons. The number of carbonyl (C=O) groups is 1. The molecule has 2 aromatic carbocycles. The first kappa shape index (κ1) is 16.8.